The van der Waals surface area contributed by atoms with Crippen LogP contribution in [0, 0.1) is 5.92 Å². The number of amides is 1. The molecule has 2 saturated heterocycles. The van der Waals surface area contributed by atoms with E-state index in [1.165, 1.54) is 16.7 Å². The number of aliphatic hydroxyl groups excluding tert-OH is 1. The van der Waals surface area contributed by atoms with Gasteiger partial charge < -0.3 is 19.7 Å². The van der Waals surface area contributed by atoms with Gasteiger partial charge in [-0.25, -0.2) is 0 Å². The van der Waals surface area contributed by atoms with Gasteiger partial charge in [0.15, 0.2) is 0 Å². The van der Waals surface area contributed by atoms with Gasteiger partial charge in [-0.1, -0.05) is 11.8 Å². The Kier molecular flexibility index (Phi) is 3.07. The highest BCUT2D eigenvalue weighted by atomic mass is 32.2. The Morgan fingerprint density at radius 2 is 2.37 bits per heavy atom. The molecule has 0 saturated carbocycles. The minimum absolute atomic E-state index is 0.0659. The molecule has 6 nitrogen and oxygen atoms in total. The molecule has 2 fully saturated rings. The molecule has 19 heavy (non-hydrogen) atoms. The zero-order chi connectivity index (χ0) is 13.7. The summed E-state index contributed by atoms with van der Waals surface area (Å²) in [5.41, 5.74) is -0.0659. The maximum Gasteiger partial charge on any atom is 0.236 e. The van der Waals surface area contributed by atoms with E-state index in [9.17, 15) is 19.8 Å². The van der Waals surface area contributed by atoms with Gasteiger partial charge in [-0.3, -0.25) is 9.69 Å². The van der Waals surface area contributed by atoms with Gasteiger partial charge in [0.05, 0.1) is 29.8 Å². The van der Waals surface area contributed by atoms with E-state index in [1.807, 2.05) is 0 Å². The Balaban J connectivity index is 1.91. The molecule has 0 aromatic rings. The Morgan fingerprint density at radius 3 is 2.89 bits per heavy atom. The second kappa shape index (κ2) is 4.50. The summed E-state index contributed by atoms with van der Waals surface area (Å²) in [5.74, 6) is -2.24. The first kappa shape index (κ1) is 13.0. The molecule has 7 heteroatoms. The zero-order valence-electron chi connectivity index (χ0n) is 10.4. The summed E-state index contributed by atoms with van der Waals surface area (Å²) in [7, 11) is 0. The number of aliphatic carboxylic acids is 1. The predicted octanol–water partition coefficient (Wildman–Crippen LogP) is -0.961. The third-order valence-electron chi connectivity index (χ3n) is 3.74. The summed E-state index contributed by atoms with van der Waals surface area (Å²) in [6.45, 7) is 2.15. The van der Waals surface area contributed by atoms with Crippen LogP contribution in [0.3, 0.4) is 0 Å². The molecule has 2 unspecified atom stereocenters. The van der Waals surface area contributed by atoms with Crippen LogP contribution < -0.4 is 5.11 Å². The largest absolute Gasteiger partial charge is 0.543 e. The van der Waals surface area contributed by atoms with Gasteiger partial charge in [0.1, 0.15) is 5.37 Å². The lowest BCUT2D eigenvalue weighted by molar-refractivity contribution is -0.301. The van der Waals surface area contributed by atoms with Gasteiger partial charge in [-0.15, -0.1) is 0 Å². The SMILES string of the molecule is CC(O)C1C(=O)N2C(C(=O)[O-])=C([C@H]3CCCO3)S[C@H]12. The highest BCUT2D eigenvalue weighted by molar-refractivity contribution is 8.04. The third-order valence-corrected chi connectivity index (χ3v) is 5.20. The second-order valence-electron chi connectivity index (χ2n) is 4.99. The van der Waals surface area contributed by atoms with Gasteiger partial charge in [-0.05, 0) is 19.8 Å². The molecule has 3 aliphatic rings. The number of nitrogens with zero attached hydrogens (tertiary/aromatic N) is 1. The summed E-state index contributed by atoms with van der Waals surface area (Å²) < 4.78 is 5.50. The Hall–Kier alpha value is -1.05. The van der Waals surface area contributed by atoms with Crippen molar-refractivity contribution in [2.75, 3.05) is 6.61 Å². The van der Waals surface area contributed by atoms with Crippen molar-refractivity contribution in [2.24, 2.45) is 5.92 Å². The summed E-state index contributed by atoms with van der Waals surface area (Å²) in [6.07, 6.45) is 0.597. The number of rotatable bonds is 3. The highest BCUT2D eigenvalue weighted by Crippen LogP contribution is 2.52. The summed E-state index contributed by atoms with van der Waals surface area (Å²) in [4.78, 5) is 25.0. The molecular weight excluding hydrogens is 270 g/mol. The fraction of sp³-hybridized carbons (Fsp3) is 0.667. The van der Waals surface area contributed by atoms with Gasteiger partial charge >= 0.3 is 0 Å². The first-order valence-electron chi connectivity index (χ1n) is 6.27. The Morgan fingerprint density at radius 1 is 1.63 bits per heavy atom. The van der Waals surface area contributed by atoms with E-state index in [2.05, 4.69) is 0 Å². The van der Waals surface area contributed by atoms with Crippen molar-refractivity contribution in [1.29, 1.82) is 0 Å². The van der Waals surface area contributed by atoms with Crippen LogP contribution in [0.4, 0.5) is 0 Å². The molecule has 1 amide bonds. The second-order valence-corrected chi connectivity index (χ2v) is 6.14. The summed E-state index contributed by atoms with van der Waals surface area (Å²) in [5, 5.41) is 20.5. The molecule has 3 heterocycles. The number of carbonyl (C=O) groups is 2. The van der Waals surface area contributed by atoms with E-state index >= 15 is 0 Å². The minimum Gasteiger partial charge on any atom is -0.543 e. The van der Waals surface area contributed by atoms with Crippen LogP contribution >= 0.6 is 11.8 Å². The molecule has 0 aliphatic carbocycles. The van der Waals surface area contributed by atoms with Crippen LogP contribution in [0.2, 0.25) is 0 Å². The van der Waals surface area contributed by atoms with Gasteiger partial charge in [0.2, 0.25) is 5.91 Å². The van der Waals surface area contributed by atoms with Crippen molar-refractivity contribution < 1.29 is 24.5 Å². The maximum absolute atomic E-state index is 11.9. The molecule has 0 aromatic heterocycles. The molecule has 0 aromatic carbocycles. The van der Waals surface area contributed by atoms with E-state index in [0.717, 1.165) is 12.8 Å². The molecule has 3 aliphatic heterocycles. The fourth-order valence-electron chi connectivity index (χ4n) is 2.81. The first-order chi connectivity index (χ1) is 9.02. The molecule has 0 bridgehead atoms. The predicted molar refractivity (Wildman–Crippen MR) is 64.4 cm³/mol. The topological polar surface area (TPSA) is 89.9 Å². The van der Waals surface area contributed by atoms with Gasteiger partial charge in [0, 0.05) is 11.5 Å². The number of hydrogen-bond donors (Lipinski definition) is 1. The van der Waals surface area contributed by atoms with Gasteiger partial charge in [-0.2, -0.15) is 0 Å². The maximum atomic E-state index is 11.9. The van der Waals surface area contributed by atoms with Crippen LogP contribution in [0.25, 0.3) is 0 Å². The van der Waals surface area contributed by atoms with E-state index < -0.39 is 18.0 Å². The number of aliphatic hydroxyl groups is 1. The lowest BCUT2D eigenvalue weighted by atomic mass is 9.92. The zero-order valence-corrected chi connectivity index (χ0v) is 11.2. The number of hydrogen-bond acceptors (Lipinski definition) is 6. The normalized spacial score (nSPS) is 35.4. The van der Waals surface area contributed by atoms with Crippen LogP contribution in [0.1, 0.15) is 19.8 Å². The average Bonchev–Trinajstić information content (AvgIpc) is 2.92. The molecule has 4 atom stereocenters. The van der Waals surface area contributed by atoms with E-state index in [4.69, 9.17) is 4.74 Å². The quantitative estimate of drug-likeness (QED) is 0.671. The number of carbonyl (C=O) groups excluding carboxylic acids is 2. The van der Waals surface area contributed by atoms with Crippen LogP contribution in [-0.4, -0.2) is 46.1 Å². The number of carboxylic acids is 1. The first-order valence-corrected chi connectivity index (χ1v) is 7.15. The van der Waals surface area contributed by atoms with Crippen molar-refractivity contribution in [1.82, 2.24) is 4.90 Å². The van der Waals surface area contributed by atoms with Crippen LogP contribution in [-0.2, 0) is 14.3 Å². The molecule has 1 N–H and O–H groups in total. The van der Waals surface area contributed by atoms with Crippen molar-refractivity contribution in [3.05, 3.63) is 10.6 Å². The molecule has 0 radical (unpaired) electrons. The number of fused-ring (bicyclic) bond motifs is 1. The van der Waals surface area contributed by atoms with Gasteiger partial charge in [0.25, 0.3) is 0 Å². The third kappa shape index (κ3) is 1.79. The van der Waals surface area contributed by atoms with Crippen molar-refractivity contribution in [3.63, 3.8) is 0 Å². The fourth-order valence-corrected chi connectivity index (χ4v) is 4.51. The Bertz CT molecular complexity index is 469. The lowest BCUT2D eigenvalue weighted by Gasteiger charge is -2.44. The van der Waals surface area contributed by atoms with E-state index in [-0.39, 0.29) is 23.1 Å². The van der Waals surface area contributed by atoms with E-state index in [0.29, 0.717) is 11.5 Å². The van der Waals surface area contributed by atoms with Crippen molar-refractivity contribution in [3.8, 4) is 0 Å². The van der Waals surface area contributed by atoms with Crippen LogP contribution in [0.5, 0.6) is 0 Å². The lowest BCUT2D eigenvalue weighted by Crippen LogP contribution is -2.61. The minimum atomic E-state index is -1.35. The van der Waals surface area contributed by atoms with Crippen molar-refractivity contribution >= 4 is 23.6 Å². The smallest absolute Gasteiger partial charge is 0.236 e. The molecule has 3 rings (SSSR count). The molecule has 104 valence electrons. The van der Waals surface area contributed by atoms with Crippen LogP contribution in [0.15, 0.2) is 10.6 Å². The highest BCUT2D eigenvalue weighted by Gasteiger charge is 2.57. The summed E-state index contributed by atoms with van der Waals surface area (Å²) >= 11 is 1.31. The number of ether oxygens (including phenoxy) is 1. The Labute approximate surface area is 114 Å². The monoisotopic (exact) mass is 284 g/mol. The number of thioether (sulfide) groups is 1. The molecular formula is C12H14NO5S-. The van der Waals surface area contributed by atoms with Crippen molar-refractivity contribution in [2.45, 2.75) is 37.3 Å². The average molecular weight is 284 g/mol. The number of carboxylic acid groups (broad SMARTS) is 1. The number of β-lactam (4-membered cyclic amide) rings is 1. The summed E-state index contributed by atoms with van der Waals surface area (Å²) in [6, 6.07) is 0. The molecule has 0 spiro atoms. The standard InChI is InChI=1S/C12H15NO5S/c1-5(14)7-10(15)13-8(12(16)17)9(19-11(7)13)6-3-2-4-18-6/h5-7,11,14H,2-4H2,1H3,(H,16,17)/p-1/t5?,6-,7?,11-/m1/s1. The van der Waals surface area contributed by atoms with E-state index in [1.54, 1.807) is 6.92 Å².